The van der Waals surface area contributed by atoms with Gasteiger partial charge >= 0.3 is 0 Å². The maximum absolute atomic E-state index is 2.39. The van der Waals surface area contributed by atoms with Gasteiger partial charge in [-0.05, 0) is 79.2 Å². The minimum atomic E-state index is 0.770. The van der Waals surface area contributed by atoms with Crippen molar-refractivity contribution in [2.75, 3.05) is 0 Å². The molecular formula is C30H36N+. The first-order valence-corrected chi connectivity index (χ1v) is 12.3. The van der Waals surface area contributed by atoms with Crippen LogP contribution in [0, 0.1) is 18.8 Å². The third-order valence-electron chi connectivity index (χ3n) is 8.11. The fourth-order valence-corrected chi connectivity index (χ4v) is 6.22. The zero-order chi connectivity index (χ0) is 21.2. The Balaban J connectivity index is 1.28. The molecule has 0 saturated heterocycles. The Hall–Kier alpha value is -2.41. The van der Waals surface area contributed by atoms with Gasteiger partial charge in [-0.15, -0.1) is 0 Å². The van der Waals surface area contributed by atoms with Crippen LogP contribution in [0.15, 0.2) is 66.9 Å². The summed E-state index contributed by atoms with van der Waals surface area (Å²) in [6.45, 7) is 2.18. The van der Waals surface area contributed by atoms with Crippen LogP contribution in [0.1, 0.15) is 68.4 Å². The molecule has 160 valence electrons. The van der Waals surface area contributed by atoms with E-state index in [1.165, 1.54) is 79.3 Å². The van der Waals surface area contributed by atoms with Gasteiger partial charge in [-0.3, -0.25) is 0 Å². The minimum Gasteiger partial charge on any atom is -0.200 e. The maximum atomic E-state index is 2.39. The van der Waals surface area contributed by atoms with Gasteiger partial charge in [0.05, 0.1) is 0 Å². The predicted octanol–water partition coefficient (Wildman–Crippen LogP) is 7.62. The van der Waals surface area contributed by atoms with Gasteiger partial charge in [0.25, 0.3) is 0 Å². The number of nitrogens with zero attached hydrogens (tertiary/aromatic N) is 1. The number of pyridine rings is 1. The summed E-state index contributed by atoms with van der Waals surface area (Å²) in [5.41, 5.74) is 8.04. The average Bonchev–Trinajstić information content (AvgIpc) is 3.35. The zero-order valence-corrected chi connectivity index (χ0v) is 19.2. The Morgan fingerprint density at radius 3 is 2.00 bits per heavy atom. The van der Waals surface area contributed by atoms with Gasteiger partial charge in [0.15, 0.2) is 6.20 Å². The summed E-state index contributed by atoms with van der Waals surface area (Å²) < 4.78 is 2.26. The van der Waals surface area contributed by atoms with E-state index >= 15 is 0 Å². The fraction of sp³-hybridized carbons (Fsp3) is 0.433. The summed E-state index contributed by atoms with van der Waals surface area (Å²) >= 11 is 0. The van der Waals surface area contributed by atoms with Gasteiger partial charge in [0, 0.05) is 17.2 Å². The van der Waals surface area contributed by atoms with E-state index in [2.05, 4.69) is 85.4 Å². The van der Waals surface area contributed by atoms with Gasteiger partial charge in [0.1, 0.15) is 7.05 Å². The second-order valence-electron chi connectivity index (χ2n) is 10.0. The van der Waals surface area contributed by atoms with Gasteiger partial charge < -0.3 is 0 Å². The zero-order valence-electron chi connectivity index (χ0n) is 19.2. The van der Waals surface area contributed by atoms with E-state index in [1.54, 1.807) is 5.56 Å². The van der Waals surface area contributed by atoms with Crippen molar-refractivity contribution in [2.24, 2.45) is 18.9 Å². The highest BCUT2D eigenvalue weighted by Gasteiger charge is 2.29. The molecule has 0 N–H and O–H groups in total. The maximum Gasteiger partial charge on any atom is 0.212 e. The smallest absolute Gasteiger partial charge is 0.200 e. The van der Waals surface area contributed by atoms with Gasteiger partial charge in [-0.25, -0.2) is 4.57 Å². The number of rotatable bonds is 4. The third-order valence-corrected chi connectivity index (χ3v) is 8.11. The van der Waals surface area contributed by atoms with E-state index in [1.807, 2.05) is 0 Å². The number of aromatic nitrogens is 1. The lowest BCUT2D eigenvalue weighted by Crippen LogP contribution is -2.30. The molecule has 1 aromatic heterocycles. The van der Waals surface area contributed by atoms with Gasteiger partial charge in [-0.2, -0.15) is 0 Å². The highest BCUT2D eigenvalue weighted by Crippen LogP contribution is 2.43. The molecule has 0 amide bonds. The van der Waals surface area contributed by atoms with Crippen LogP contribution in [0.2, 0.25) is 0 Å². The Kier molecular flexibility index (Phi) is 5.94. The largest absolute Gasteiger partial charge is 0.212 e. The van der Waals surface area contributed by atoms with E-state index in [-0.39, 0.29) is 0 Å². The van der Waals surface area contributed by atoms with Crippen LogP contribution in [0.25, 0.3) is 22.4 Å². The van der Waals surface area contributed by atoms with Crippen LogP contribution in [0.5, 0.6) is 0 Å². The summed E-state index contributed by atoms with van der Waals surface area (Å²) in [5.74, 6) is 2.84. The van der Waals surface area contributed by atoms with Crippen LogP contribution >= 0.6 is 0 Å². The Labute approximate surface area is 188 Å². The summed E-state index contributed by atoms with van der Waals surface area (Å²) in [4.78, 5) is 0. The molecule has 1 nitrogen and oxygen atoms in total. The summed E-state index contributed by atoms with van der Waals surface area (Å²) in [7, 11) is 2.16. The molecule has 0 radical (unpaired) electrons. The van der Waals surface area contributed by atoms with Crippen LogP contribution in [0.3, 0.4) is 0 Å². The SMILES string of the molecule is Cc1ccccc1-c1ccc(-c2ccc(C3CCC(C4CCCC4)CC3)cc2)c[n+]1C. The van der Waals surface area contributed by atoms with Crippen molar-refractivity contribution in [3.8, 4) is 22.4 Å². The van der Waals surface area contributed by atoms with Gasteiger partial charge in [0.2, 0.25) is 5.69 Å². The molecule has 0 spiro atoms. The quantitative estimate of drug-likeness (QED) is 0.390. The highest BCUT2D eigenvalue weighted by atomic mass is 14.9. The molecule has 2 saturated carbocycles. The molecule has 1 heterocycles. The lowest BCUT2D eigenvalue weighted by molar-refractivity contribution is -0.659. The van der Waals surface area contributed by atoms with Crippen LogP contribution < -0.4 is 4.57 Å². The first kappa shape index (κ1) is 20.5. The van der Waals surface area contributed by atoms with Crippen molar-refractivity contribution in [3.05, 3.63) is 78.0 Å². The average molecular weight is 411 g/mol. The Morgan fingerprint density at radius 1 is 0.677 bits per heavy atom. The minimum absolute atomic E-state index is 0.770. The molecule has 1 heteroatoms. The molecule has 5 rings (SSSR count). The standard InChI is InChI=1S/C30H36N/c1-22-7-3-6-10-29(22)30-20-19-28(21-31(30)2)27-17-15-26(16-18-27)25-13-11-24(12-14-25)23-8-4-5-9-23/h3,6-7,10,15-21,23-25H,4-5,8-9,11-14H2,1-2H3/q+1. The van der Waals surface area contributed by atoms with E-state index in [0.29, 0.717) is 0 Å². The highest BCUT2D eigenvalue weighted by molar-refractivity contribution is 5.66. The van der Waals surface area contributed by atoms with Crippen LogP contribution in [-0.4, -0.2) is 0 Å². The van der Waals surface area contributed by atoms with E-state index in [0.717, 1.165) is 17.8 Å². The Morgan fingerprint density at radius 2 is 1.32 bits per heavy atom. The normalized spacial score (nSPS) is 22.0. The summed E-state index contributed by atoms with van der Waals surface area (Å²) in [6.07, 6.45) is 13.9. The number of hydrogen-bond donors (Lipinski definition) is 0. The number of hydrogen-bond acceptors (Lipinski definition) is 0. The molecule has 0 bridgehead atoms. The fourth-order valence-electron chi connectivity index (χ4n) is 6.22. The summed E-state index contributed by atoms with van der Waals surface area (Å²) in [5, 5.41) is 0. The number of benzene rings is 2. The van der Waals surface area contributed by atoms with Crippen LogP contribution in [-0.2, 0) is 7.05 Å². The molecule has 2 aliphatic rings. The molecular weight excluding hydrogens is 374 g/mol. The van der Waals surface area contributed by atoms with Crippen molar-refractivity contribution in [3.63, 3.8) is 0 Å². The first-order valence-electron chi connectivity index (χ1n) is 12.3. The van der Waals surface area contributed by atoms with Crippen molar-refractivity contribution < 1.29 is 4.57 Å². The summed E-state index contributed by atoms with van der Waals surface area (Å²) in [6, 6.07) is 22.6. The molecule has 0 aliphatic heterocycles. The molecule has 0 atom stereocenters. The lowest BCUT2D eigenvalue weighted by Gasteiger charge is -2.32. The van der Waals surface area contributed by atoms with Crippen molar-refractivity contribution >= 4 is 0 Å². The van der Waals surface area contributed by atoms with E-state index in [4.69, 9.17) is 0 Å². The second kappa shape index (κ2) is 8.99. The van der Waals surface area contributed by atoms with Gasteiger partial charge in [-0.1, -0.05) is 68.1 Å². The number of aryl methyl sites for hydroxylation is 2. The molecule has 2 aliphatic carbocycles. The van der Waals surface area contributed by atoms with Crippen molar-refractivity contribution in [1.29, 1.82) is 0 Å². The first-order chi connectivity index (χ1) is 15.2. The predicted molar refractivity (Wildman–Crippen MR) is 130 cm³/mol. The Bertz CT molecular complexity index is 1020. The van der Waals surface area contributed by atoms with E-state index in [9.17, 15) is 0 Å². The van der Waals surface area contributed by atoms with E-state index < -0.39 is 0 Å². The lowest BCUT2D eigenvalue weighted by atomic mass is 9.73. The third kappa shape index (κ3) is 4.33. The molecule has 2 fully saturated rings. The van der Waals surface area contributed by atoms with Crippen molar-refractivity contribution in [1.82, 2.24) is 0 Å². The van der Waals surface area contributed by atoms with Crippen molar-refractivity contribution in [2.45, 2.75) is 64.2 Å². The molecule has 0 unspecified atom stereocenters. The monoisotopic (exact) mass is 410 g/mol. The topological polar surface area (TPSA) is 3.88 Å². The molecule has 3 aromatic rings. The van der Waals surface area contributed by atoms with Crippen LogP contribution in [0.4, 0.5) is 0 Å². The molecule has 31 heavy (non-hydrogen) atoms. The molecule has 2 aromatic carbocycles. The second-order valence-corrected chi connectivity index (χ2v) is 10.0.